The van der Waals surface area contributed by atoms with E-state index in [1.807, 2.05) is 0 Å². The first-order valence-corrected chi connectivity index (χ1v) is 5.03. The molecule has 13 heavy (non-hydrogen) atoms. The number of Topliss-reactive ketones (excluding diaryl/α,β-unsaturated/α-hetero) is 1. The van der Waals surface area contributed by atoms with Gasteiger partial charge in [0.05, 0.1) is 0 Å². The average molecular weight is 177 g/mol. The summed E-state index contributed by atoms with van der Waals surface area (Å²) in [5.41, 5.74) is 7.81. The lowest BCUT2D eigenvalue weighted by atomic mass is 9.57. The highest BCUT2D eigenvalue weighted by Crippen LogP contribution is 2.77. The van der Waals surface area contributed by atoms with E-state index in [0.717, 1.165) is 0 Å². The van der Waals surface area contributed by atoms with Gasteiger partial charge in [-0.05, 0) is 37.5 Å². The fourth-order valence-electron chi connectivity index (χ4n) is 3.92. The summed E-state index contributed by atoms with van der Waals surface area (Å²) in [6, 6.07) is 0.111. The lowest BCUT2D eigenvalue weighted by molar-refractivity contribution is -0.131. The fourth-order valence-corrected chi connectivity index (χ4v) is 3.92. The second-order valence-corrected chi connectivity index (χ2v) is 4.97. The Hall–Kier alpha value is -0.630. The van der Waals surface area contributed by atoms with Crippen molar-refractivity contribution >= 4 is 5.78 Å². The molecule has 2 heteroatoms. The molecule has 0 heterocycles. The van der Waals surface area contributed by atoms with Crippen LogP contribution in [0.15, 0.2) is 11.6 Å². The Labute approximate surface area is 78.2 Å². The maximum Gasteiger partial charge on any atom is 0.135 e. The minimum Gasteiger partial charge on any atom is -0.326 e. The van der Waals surface area contributed by atoms with Crippen molar-refractivity contribution < 1.29 is 4.79 Å². The number of nitrogens with two attached hydrogens (primary N) is 1. The molecule has 3 rings (SSSR count). The molecule has 3 aliphatic carbocycles. The molecule has 3 aliphatic rings. The van der Waals surface area contributed by atoms with Crippen LogP contribution in [-0.4, -0.2) is 11.8 Å². The van der Waals surface area contributed by atoms with E-state index in [9.17, 15) is 4.79 Å². The molecule has 2 saturated carbocycles. The predicted octanol–water partition coefficient (Wildman–Crippen LogP) is 1.11. The number of carbonyl (C=O) groups is 1. The van der Waals surface area contributed by atoms with E-state index < -0.39 is 0 Å². The van der Waals surface area contributed by atoms with Gasteiger partial charge in [0.2, 0.25) is 0 Å². The Bertz CT molecular complexity index is 333. The summed E-state index contributed by atoms with van der Waals surface area (Å²) in [6.45, 7) is 3.88. The van der Waals surface area contributed by atoms with Crippen molar-refractivity contribution in [3.8, 4) is 0 Å². The highest BCUT2D eigenvalue weighted by atomic mass is 16.1. The highest BCUT2D eigenvalue weighted by Gasteiger charge is 2.76. The summed E-state index contributed by atoms with van der Waals surface area (Å²) in [7, 11) is 0. The molecule has 0 aromatic carbocycles. The number of rotatable bonds is 1. The van der Waals surface area contributed by atoms with Gasteiger partial charge in [-0.1, -0.05) is 11.6 Å². The third-order valence-electron chi connectivity index (χ3n) is 4.48. The first-order valence-electron chi connectivity index (χ1n) is 5.03. The summed E-state index contributed by atoms with van der Waals surface area (Å²) in [4.78, 5) is 11.4. The maximum atomic E-state index is 11.4. The zero-order chi connectivity index (χ0) is 9.38. The van der Waals surface area contributed by atoms with Gasteiger partial charge < -0.3 is 5.73 Å². The van der Waals surface area contributed by atoms with Gasteiger partial charge in [0, 0.05) is 12.0 Å². The molecule has 0 aliphatic heterocycles. The van der Waals surface area contributed by atoms with Gasteiger partial charge in [-0.15, -0.1) is 0 Å². The zero-order valence-electron chi connectivity index (χ0n) is 8.08. The molecule has 2 nitrogen and oxygen atoms in total. The zero-order valence-corrected chi connectivity index (χ0v) is 8.08. The topological polar surface area (TPSA) is 43.1 Å². The van der Waals surface area contributed by atoms with Crippen LogP contribution in [-0.2, 0) is 4.79 Å². The average Bonchev–Trinajstić information content (AvgIpc) is 2.72. The van der Waals surface area contributed by atoms with Crippen molar-refractivity contribution in [1.29, 1.82) is 0 Å². The quantitative estimate of drug-likeness (QED) is 0.610. The molecule has 1 spiro atoms. The van der Waals surface area contributed by atoms with E-state index in [2.05, 4.69) is 13.0 Å². The Morgan fingerprint density at radius 1 is 1.69 bits per heavy atom. The molecule has 5 unspecified atom stereocenters. The fraction of sp³-hybridized carbons (Fsp3) is 0.727. The molecule has 0 radical (unpaired) electrons. The number of allylic oxidation sites excluding steroid dienone is 1. The van der Waals surface area contributed by atoms with Gasteiger partial charge in [0.1, 0.15) is 5.78 Å². The first-order chi connectivity index (χ1) is 6.09. The van der Waals surface area contributed by atoms with Crippen molar-refractivity contribution in [3.05, 3.63) is 11.6 Å². The van der Waals surface area contributed by atoms with Crippen molar-refractivity contribution in [2.24, 2.45) is 28.9 Å². The molecule has 2 fully saturated rings. The smallest absolute Gasteiger partial charge is 0.135 e. The Morgan fingerprint density at radius 2 is 2.38 bits per heavy atom. The summed E-state index contributed by atoms with van der Waals surface area (Å²) < 4.78 is 0. The van der Waals surface area contributed by atoms with Crippen LogP contribution < -0.4 is 5.73 Å². The number of hydrogen-bond donors (Lipinski definition) is 1. The standard InChI is InChI=1S/C11H15NO/c1-5-3-7-10(12)9(6(2)13)11(7)4-8(5)11/h3,7-10H,4,12H2,1-2H3. The van der Waals surface area contributed by atoms with E-state index in [4.69, 9.17) is 5.73 Å². The molecule has 2 N–H and O–H groups in total. The van der Waals surface area contributed by atoms with Crippen molar-refractivity contribution in [1.82, 2.24) is 0 Å². The largest absolute Gasteiger partial charge is 0.326 e. The van der Waals surface area contributed by atoms with Crippen molar-refractivity contribution in [2.75, 3.05) is 0 Å². The molecule has 70 valence electrons. The van der Waals surface area contributed by atoms with Gasteiger partial charge in [-0.3, -0.25) is 4.79 Å². The minimum absolute atomic E-state index is 0.111. The van der Waals surface area contributed by atoms with E-state index in [-0.39, 0.29) is 12.0 Å². The van der Waals surface area contributed by atoms with Gasteiger partial charge in [-0.2, -0.15) is 0 Å². The lowest BCUT2D eigenvalue weighted by Gasteiger charge is -2.48. The van der Waals surface area contributed by atoms with Gasteiger partial charge >= 0.3 is 0 Å². The lowest BCUT2D eigenvalue weighted by Crippen LogP contribution is -2.59. The molecule has 0 aromatic rings. The van der Waals surface area contributed by atoms with E-state index in [0.29, 0.717) is 23.0 Å². The number of ketones is 1. The monoisotopic (exact) mass is 177 g/mol. The summed E-state index contributed by atoms with van der Waals surface area (Å²) in [5, 5.41) is 0. The molecule has 0 amide bonds. The number of carbonyl (C=O) groups excluding carboxylic acids is 1. The normalized spacial score (nSPS) is 56.1. The Kier molecular flexibility index (Phi) is 1.13. The van der Waals surface area contributed by atoms with Crippen LogP contribution in [0.5, 0.6) is 0 Å². The molecule has 5 atom stereocenters. The van der Waals surface area contributed by atoms with Crippen LogP contribution in [0.1, 0.15) is 20.3 Å². The second-order valence-electron chi connectivity index (χ2n) is 4.97. The van der Waals surface area contributed by atoms with E-state index in [1.54, 1.807) is 6.92 Å². The third kappa shape index (κ3) is 0.613. The molecule has 0 saturated heterocycles. The van der Waals surface area contributed by atoms with Crippen LogP contribution >= 0.6 is 0 Å². The van der Waals surface area contributed by atoms with Gasteiger partial charge in [0.15, 0.2) is 0 Å². The number of hydrogen-bond acceptors (Lipinski definition) is 2. The summed E-state index contributed by atoms with van der Waals surface area (Å²) in [6.07, 6.45) is 3.52. The van der Waals surface area contributed by atoms with Gasteiger partial charge in [-0.25, -0.2) is 0 Å². The molecule has 0 aromatic heterocycles. The Balaban J connectivity index is 1.97. The predicted molar refractivity (Wildman–Crippen MR) is 49.9 cm³/mol. The maximum absolute atomic E-state index is 11.4. The van der Waals surface area contributed by atoms with Crippen LogP contribution in [0, 0.1) is 23.2 Å². The molecular weight excluding hydrogens is 162 g/mol. The van der Waals surface area contributed by atoms with Gasteiger partial charge in [0.25, 0.3) is 0 Å². The van der Waals surface area contributed by atoms with Crippen LogP contribution in [0.3, 0.4) is 0 Å². The van der Waals surface area contributed by atoms with Crippen molar-refractivity contribution in [2.45, 2.75) is 26.3 Å². The first kappa shape index (κ1) is 7.74. The summed E-state index contributed by atoms with van der Waals surface area (Å²) in [5.74, 6) is 1.68. The van der Waals surface area contributed by atoms with Crippen LogP contribution in [0.2, 0.25) is 0 Å². The highest BCUT2D eigenvalue weighted by molar-refractivity contribution is 5.83. The van der Waals surface area contributed by atoms with Crippen LogP contribution in [0.4, 0.5) is 0 Å². The molecule has 0 bridgehead atoms. The SMILES string of the molecule is CC(=O)C1C(N)C2C=C(C)C3CC321. The van der Waals surface area contributed by atoms with E-state index >= 15 is 0 Å². The van der Waals surface area contributed by atoms with E-state index in [1.165, 1.54) is 12.0 Å². The third-order valence-corrected chi connectivity index (χ3v) is 4.48. The second kappa shape index (κ2) is 1.90. The Morgan fingerprint density at radius 3 is 2.92 bits per heavy atom. The molecular formula is C11H15NO. The van der Waals surface area contributed by atoms with Crippen molar-refractivity contribution in [3.63, 3.8) is 0 Å². The summed E-state index contributed by atoms with van der Waals surface area (Å²) >= 11 is 0. The minimum atomic E-state index is 0.111. The van der Waals surface area contributed by atoms with Crippen LogP contribution in [0.25, 0.3) is 0 Å².